The molecule has 10 heteroatoms. The molecule has 1 amide bonds. The van der Waals surface area contributed by atoms with E-state index in [1.54, 1.807) is 73.7 Å². The number of amides is 1. The van der Waals surface area contributed by atoms with E-state index in [9.17, 15) is 22.8 Å². The van der Waals surface area contributed by atoms with Crippen molar-refractivity contribution in [1.29, 1.82) is 0 Å². The van der Waals surface area contributed by atoms with Crippen molar-refractivity contribution in [3.8, 4) is 11.3 Å². The maximum atomic E-state index is 13.6. The molecule has 0 saturated carbocycles. The van der Waals surface area contributed by atoms with E-state index in [2.05, 4.69) is 10.1 Å². The van der Waals surface area contributed by atoms with Crippen molar-refractivity contribution in [3.63, 3.8) is 0 Å². The zero-order chi connectivity index (χ0) is 24.0. The number of rotatable bonds is 4. The van der Waals surface area contributed by atoms with Gasteiger partial charge >= 0.3 is 18.1 Å². The Morgan fingerprint density at radius 3 is 2.33 bits per heavy atom. The number of furan rings is 1. The Bertz CT molecular complexity index is 1210. The van der Waals surface area contributed by atoms with Gasteiger partial charge in [-0.15, -0.1) is 0 Å². The van der Waals surface area contributed by atoms with Crippen LogP contribution >= 0.6 is 0 Å². The van der Waals surface area contributed by atoms with Crippen molar-refractivity contribution in [2.24, 2.45) is 5.73 Å². The summed E-state index contributed by atoms with van der Waals surface area (Å²) in [6, 6.07) is 18.6. The lowest BCUT2D eigenvalue weighted by Gasteiger charge is -2.32. The number of nitrogens with two attached hydrogens (primary N) is 1. The third kappa shape index (κ3) is 3.77. The first-order valence-corrected chi connectivity index (χ1v) is 9.87. The Morgan fingerprint density at radius 1 is 1.06 bits per heavy atom. The molecule has 7 nitrogen and oxygen atoms in total. The van der Waals surface area contributed by atoms with E-state index in [4.69, 9.17) is 10.2 Å². The maximum Gasteiger partial charge on any atom is 0.491 e. The summed E-state index contributed by atoms with van der Waals surface area (Å²) in [6.45, 7) is 1.79. The van der Waals surface area contributed by atoms with E-state index in [0.29, 0.717) is 28.2 Å². The average Bonchev–Trinajstić information content (AvgIpc) is 3.30. The van der Waals surface area contributed by atoms with Crippen molar-refractivity contribution in [3.05, 3.63) is 83.6 Å². The Labute approximate surface area is 186 Å². The van der Waals surface area contributed by atoms with Gasteiger partial charge < -0.3 is 9.15 Å². The summed E-state index contributed by atoms with van der Waals surface area (Å²) in [6.07, 6.45) is -5.30. The predicted molar refractivity (Wildman–Crippen MR) is 111 cm³/mol. The molecule has 2 unspecified atom stereocenters. The summed E-state index contributed by atoms with van der Waals surface area (Å²) in [7, 11) is 1.16. The number of alkyl halides is 3. The molecule has 2 aromatic carbocycles. The molecule has 2 heterocycles. The number of halogens is 3. The number of ether oxygens (including phenoxy) is 1. The van der Waals surface area contributed by atoms with Gasteiger partial charge in [0.15, 0.2) is 5.54 Å². The average molecular weight is 459 g/mol. The normalized spacial score (nSPS) is 23.1. The smallest absolute Gasteiger partial charge is 0.461 e. The first-order chi connectivity index (χ1) is 15.5. The van der Waals surface area contributed by atoms with Crippen molar-refractivity contribution in [1.82, 2.24) is 10.2 Å². The molecule has 1 aliphatic rings. The number of likely N-dealkylation sites (N-methyl/N-ethyl adjacent to an activating group) is 1. The fourth-order valence-electron chi connectivity index (χ4n) is 3.84. The number of hydrogen-bond acceptors (Lipinski definition) is 6. The fourth-order valence-corrected chi connectivity index (χ4v) is 3.84. The molecule has 0 radical (unpaired) electrons. The van der Waals surface area contributed by atoms with E-state index in [0.717, 1.165) is 11.9 Å². The van der Waals surface area contributed by atoms with Crippen molar-refractivity contribution >= 4 is 11.9 Å². The largest absolute Gasteiger partial charge is 0.491 e. The molecule has 3 N–H and O–H groups in total. The zero-order valence-corrected chi connectivity index (χ0v) is 17.6. The molecular formula is C23H20F3N3O4. The summed E-state index contributed by atoms with van der Waals surface area (Å²) in [5.41, 5.74) is 5.68. The first-order valence-electron chi connectivity index (χ1n) is 9.87. The second kappa shape index (κ2) is 7.75. The predicted octanol–water partition coefficient (Wildman–Crippen LogP) is 3.24. The number of nitrogens with zero attached hydrogens (tertiary/aromatic N) is 1. The van der Waals surface area contributed by atoms with Crippen LogP contribution in [0.15, 0.2) is 71.1 Å². The summed E-state index contributed by atoms with van der Waals surface area (Å²) >= 11 is 0. The van der Waals surface area contributed by atoms with E-state index in [1.807, 2.05) is 0 Å². The lowest BCUT2D eigenvalue weighted by atomic mass is 9.82. The van der Waals surface area contributed by atoms with Gasteiger partial charge in [-0.05, 0) is 36.2 Å². The molecule has 172 valence electrons. The van der Waals surface area contributed by atoms with Gasteiger partial charge in [-0.2, -0.15) is 13.2 Å². The molecule has 0 bridgehead atoms. The number of benzene rings is 2. The van der Waals surface area contributed by atoms with Gasteiger partial charge in [0.05, 0.1) is 0 Å². The lowest BCUT2D eigenvalue weighted by Crippen LogP contribution is -2.64. The third-order valence-electron chi connectivity index (χ3n) is 5.50. The molecule has 0 spiro atoms. The quantitative estimate of drug-likeness (QED) is 0.459. The number of esters is 1. The topological polar surface area (TPSA) is 97.8 Å². The molecule has 1 saturated heterocycles. The van der Waals surface area contributed by atoms with Crippen LogP contribution in [0, 0.1) is 6.92 Å². The highest BCUT2D eigenvalue weighted by molar-refractivity contribution is 5.95. The summed E-state index contributed by atoms with van der Waals surface area (Å²) < 4.78 is 48.9. The Kier molecular flexibility index (Phi) is 5.30. The van der Waals surface area contributed by atoms with Crippen LogP contribution in [0.4, 0.5) is 13.2 Å². The van der Waals surface area contributed by atoms with Gasteiger partial charge in [-0.25, -0.2) is 10.1 Å². The van der Waals surface area contributed by atoms with Crippen LogP contribution in [-0.4, -0.2) is 36.0 Å². The number of carbonyl (C=O) groups is 2. The number of hydrogen-bond donors (Lipinski definition) is 2. The van der Waals surface area contributed by atoms with Crippen LogP contribution in [0.25, 0.3) is 11.3 Å². The van der Waals surface area contributed by atoms with E-state index in [1.165, 1.54) is 0 Å². The maximum absolute atomic E-state index is 13.6. The minimum absolute atomic E-state index is 0.368. The Morgan fingerprint density at radius 2 is 1.73 bits per heavy atom. The lowest BCUT2D eigenvalue weighted by molar-refractivity contribution is -0.228. The van der Waals surface area contributed by atoms with Gasteiger partial charge in [-0.3, -0.25) is 15.4 Å². The highest BCUT2D eigenvalue weighted by atomic mass is 19.4. The number of aryl methyl sites for hydroxylation is 1. The van der Waals surface area contributed by atoms with Gasteiger partial charge in [0, 0.05) is 12.6 Å². The van der Waals surface area contributed by atoms with Crippen LogP contribution in [0.3, 0.4) is 0 Å². The fraction of sp³-hybridized carbons (Fsp3) is 0.217. The third-order valence-corrected chi connectivity index (χ3v) is 5.50. The first kappa shape index (κ1) is 22.6. The molecule has 0 aliphatic carbocycles. The molecule has 1 aromatic heterocycles. The zero-order valence-electron chi connectivity index (χ0n) is 17.6. The van der Waals surface area contributed by atoms with Crippen molar-refractivity contribution < 1.29 is 31.9 Å². The van der Waals surface area contributed by atoms with E-state index >= 15 is 0 Å². The molecule has 3 aromatic rings. The second-order valence-corrected chi connectivity index (χ2v) is 7.68. The minimum atomic E-state index is -5.30. The monoisotopic (exact) mass is 459 g/mol. The highest BCUT2D eigenvalue weighted by Gasteiger charge is 2.62. The highest BCUT2D eigenvalue weighted by Crippen LogP contribution is 2.41. The molecule has 1 fully saturated rings. The van der Waals surface area contributed by atoms with Gasteiger partial charge in [0.2, 0.25) is 0 Å². The summed E-state index contributed by atoms with van der Waals surface area (Å²) in [4.78, 5) is 25.9. The van der Waals surface area contributed by atoms with Crippen LogP contribution in [0.1, 0.15) is 16.9 Å². The van der Waals surface area contributed by atoms with Crippen LogP contribution in [-0.2, 0) is 19.9 Å². The van der Waals surface area contributed by atoms with E-state index in [-0.39, 0.29) is 0 Å². The Hall–Kier alpha value is -3.63. The van der Waals surface area contributed by atoms with Crippen molar-refractivity contribution in [2.75, 3.05) is 7.05 Å². The van der Waals surface area contributed by atoms with Gasteiger partial charge in [0.25, 0.3) is 5.91 Å². The number of nitrogens with one attached hydrogen (secondary N) is 1. The molecule has 33 heavy (non-hydrogen) atoms. The molecule has 4 rings (SSSR count). The van der Waals surface area contributed by atoms with Gasteiger partial charge in [-0.1, -0.05) is 48.5 Å². The van der Waals surface area contributed by atoms with E-state index < -0.39 is 29.6 Å². The molecular weight excluding hydrogens is 439 g/mol. The Balaban J connectivity index is 1.87. The van der Waals surface area contributed by atoms with Crippen molar-refractivity contribution in [2.45, 2.75) is 24.6 Å². The van der Waals surface area contributed by atoms with Crippen LogP contribution in [0.2, 0.25) is 0 Å². The van der Waals surface area contributed by atoms with Crippen LogP contribution < -0.4 is 11.1 Å². The minimum Gasteiger partial charge on any atom is -0.461 e. The molecule has 1 aliphatic heterocycles. The molecule has 2 atom stereocenters. The second-order valence-electron chi connectivity index (χ2n) is 7.68. The standard InChI is InChI=1S/C23H20F3N3O4/c1-14-11-12-18(32-14)15-7-6-10-17(13-15)21(16-8-4-3-5-9-16)19(30)29(2)23(27,28-21)33-20(31)22(24,25)26/h3-13,28H,27H2,1-2H3. The van der Waals surface area contributed by atoms with Crippen LogP contribution in [0.5, 0.6) is 0 Å². The number of carbonyl (C=O) groups excluding carboxylic acids is 2. The van der Waals surface area contributed by atoms with Gasteiger partial charge in [0.1, 0.15) is 11.5 Å². The SMILES string of the molecule is Cc1ccc(-c2cccc(C3(c4ccccc4)NC(N)(OC(=O)C(F)(F)F)N(C)C3=O)c2)o1. The summed E-state index contributed by atoms with van der Waals surface area (Å²) in [5, 5.41) is 2.68. The summed E-state index contributed by atoms with van der Waals surface area (Å²) in [5.74, 6) is -4.57.